The van der Waals surface area contributed by atoms with Crippen molar-refractivity contribution in [3.63, 3.8) is 0 Å². The molecule has 0 saturated carbocycles. The zero-order chi connectivity index (χ0) is 14.0. The van der Waals surface area contributed by atoms with E-state index in [1.165, 1.54) is 0 Å². The molecule has 0 atom stereocenters. The van der Waals surface area contributed by atoms with Gasteiger partial charge in [0, 0.05) is 13.5 Å². The lowest BCUT2D eigenvalue weighted by Gasteiger charge is -2.01. The minimum Gasteiger partial charge on any atom is -0.481 e. The molecular formula is C12H15ClN4O2. The van der Waals surface area contributed by atoms with E-state index in [4.69, 9.17) is 16.7 Å². The van der Waals surface area contributed by atoms with Crippen LogP contribution in [0.4, 0.5) is 0 Å². The summed E-state index contributed by atoms with van der Waals surface area (Å²) in [6, 6.07) is 0. The molecule has 0 aliphatic carbocycles. The highest BCUT2D eigenvalue weighted by Crippen LogP contribution is 2.23. The Bertz CT molecular complexity index is 624. The molecule has 0 aliphatic rings. The maximum absolute atomic E-state index is 10.6. The quantitative estimate of drug-likeness (QED) is 0.848. The molecule has 0 amide bonds. The van der Waals surface area contributed by atoms with Crippen molar-refractivity contribution in [2.75, 3.05) is 0 Å². The van der Waals surface area contributed by atoms with Crippen molar-refractivity contribution in [2.45, 2.75) is 32.6 Å². The standard InChI is InChI=1S/C12H15ClN4O2/c1-3-4-7-10-11(17(2)16-7)12(13)15-8(14-10)5-6-9(18)19/h3-6H2,1-2H3,(H,18,19). The second-order valence-corrected chi connectivity index (χ2v) is 4.70. The number of rotatable bonds is 5. The van der Waals surface area contributed by atoms with Crippen LogP contribution in [0.3, 0.4) is 0 Å². The molecule has 7 heteroatoms. The number of hydrogen-bond acceptors (Lipinski definition) is 4. The number of nitrogens with zero attached hydrogens (tertiary/aromatic N) is 4. The van der Waals surface area contributed by atoms with Crippen molar-refractivity contribution >= 4 is 28.6 Å². The fraction of sp³-hybridized carbons (Fsp3) is 0.500. The summed E-state index contributed by atoms with van der Waals surface area (Å²) in [5.41, 5.74) is 2.30. The summed E-state index contributed by atoms with van der Waals surface area (Å²) < 4.78 is 1.67. The fourth-order valence-corrected chi connectivity index (χ4v) is 2.28. The summed E-state index contributed by atoms with van der Waals surface area (Å²) in [7, 11) is 1.80. The van der Waals surface area contributed by atoms with E-state index in [9.17, 15) is 4.79 Å². The lowest BCUT2D eigenvalue weighted by molar-refractivity contribution is -0.137. The first-order valence-electron chi connectivity index (χ1n) is 6.12. The molecule has 6 nitrogen and oxygen atoms in total. The van der Waals surface area contributed by atoms with E-state index in [2.05, 4.69) is 22.0 Å². The molecule has 0 unspecified atom stereocenters. The first-order valence-corrected chi connectivity index (χ1v) is 6.50. The van der Waals surface area contributed by atoms with Crippen molar-refractivity contribution < 1.29 is 9.90 Å². The molecule has 0 aliphatic heterocycles. The van der Waals surface area contributed by atoms with Gasteiger partial charge in [-0.3, -0.25) is 9.48 Å². The van der Waals surface area contributed by atoms with Crippen LogP contribution in [0.2, 0.25) is 5.15 Å². The third-order valence-corrected chi connectivity index (χ3v) is 3.07. The number of aryl methyl sites for hydroxylation is 3. The maximum Gasteiger partial charge on any atom is 0.303 e. The van der Waals surface area contributed by atoms with E-state index in [-0.39, 0.29) is 12.8 Å². The van der Waals surface area contributed by atoms with E-state index in [1.807, 2.05) is 0 Å². The Labute approximate surface area is 115 Å². The van der Waals surface area contributed by atoms with Crippen molar-refractivity contribution in [1.82, 2.24) is 19.7 Å². The van der Waals surface area contributed by atoms with Gasteiger partial charge in [0.25, 0.3) is 0 Å². The zero-order valence-electron chi connectivity index (χ0n) is 10.9. The molecular weight excluding hydrogens is 268 g/mol. The molecule has 0 bridgehead atoms. The molecule has 1 N–H and O–H groups in total. The topological polar surface area (TPSA) is 80.9 Å². The van der Waals surface area contributed by atoms with Crippen molar-refractivity contribution in [3.8, 4) is 0 Å². The van der Waals surface area contributed by atoms with Crippen LogP contribution in [-0.2, 0) is 24.7 Å². The van der Waals surface area contributed by atoms with Gasteiger partial charge in [-0.15, -0.1) is 0 Å². The van der Waals surface area contributed by atoms with Gasteiger partial charge in [0.2, 0.25) is 0 Å². The molecule has 0 radical (unpaired) electrons. The van der Waals surface area contributed by atoms with Crippen LogP contribution in [-0.4, -0.2) is 30.8 Å². The van der Waals surface area contributed by atoms with Crippen molar-refractivity contribution in [3.05, 3.63) is 16.7 Å². The molecule has 2 aromatic rings. The molecule has 2 aromatic heterocycles. The smallest absolute Gasteiger partial charge is 0.303 e. The molecule has 2 rings (SSSR count). The highest BCUT2D eigenvalue weighted by molar-refractivity contribution is 6.33. The van der Waals surface area contributed by atoms with Crippen LogP contribution in [0.1, 0.15) is 31.3 Å². The van der Waals surface area contributed by atoms with Crippen LogP contribution in [0.5, 0.6) is 0 Å². The van der Waals surface area contributed by atoms with E-state index in [0.29, 0.717) is 16.5 Å². The number of carboxylic acid groups (broad SMARTS) is 1. The molecule has 0 aromatic carbocycles. The normalized spacial score (nSPS) is 11.1. The van der Waals surface area contributed by atoms with Gasteiger partial charge in [0.1, 0.15) is 16.9 Å². The zero-order valence-corrected chi connectivity index (χ0v) is 11.6. The average molecular weight is 283 g/mol. The maximum atomic E-state index is 10.6. The van der Waals surface area contributed by atoms with Gasteiger partial charge < -0.3 is 5.11 Å². The van der Waals surface area contributed by atoms with Gasteiger partial charge in [0.05, 0.1) is 12.1 Å². The monoisotopic (exact) mass is 282 g/mol. The van der Waals surface area contributed by atoms with Gasteiger partial charge in [-0.1, -0.05) is 24.9 Å². The van der Waals surface area contributed by atoms with Crippen LogP contribution >= 0.6 is 11.6 Å². The van der Waals surface area contributed by atoms with Crippen LogP contribution < -0.4 is 0 Å². The summed E-state index contributed by atoms with van der Waals surface area (Å²) in [6.45, 7) is 2.06. The third kappa shape index (κ3) is 2.84. The Balaban J connectivity index is 2.47. The van der Waals surface area contributed by atoms with E-state index >= 15 is 0 Å². The second kappa shape index (κ2) is 5.52. The second-order valence-electron chi connectivity index (χ2n) is 4.34. The van der Waals surface area contributed by atoms with Gasteiger partial charge in [-0.2, -0.15) is 5.10 Å². The van der Waals surface area contributed by atoms with E-state index < -0.39 is 5.97 Å². The molecule has 2 heterocycles. The predicted molar refractivity (Wildman–Crippen MR) is 71.3 cm³/mol. The van der Waals surface area contributed by atoms with Crippen LogP contribution in [0, 0.1) is 0 Å². The number of carbonyl (C=O) groups is 1. The number of aliphatic carboxylic acids is 1. The summed E-state index contributed by atoms with van der Waals surface area (Å²) in [4.78, 5) is 19.1. The van der Waals surface area contributed by atoms with Crippen molar-refractivity contribution in [1.29, 1.82) is 0 Å². The fourth-order valence-electron chi connectivity index (χ4n) is 1.97. The summed E-state index contributed by atoms with van der Waals surface area (Å²) >= 11 is 6.14. The average Bonchev–Trinajstić information content (AvgIpc) is 2.64. The molecule has 0 fully saturated rings. The van der Waals surface area contributed by atoms with Gasteiger partial charge in [0.15, 0.2) is 5.15 Å². The number of hydrogen-bond donors (Lipinski definition) is 1. The summed E-state index contributed by atoms with van der Waals surface area (Å²) in [5, 5.41) is 13.4. The SMILES string of the molecule is CCCc1nn(C)c2c(Cl)nc(CCC(=O)O)nc12. The summed E-state index contributed by atoms with van der Waals surface area (Å²) in [6.07, 6.45) is 2.03. The van der Waals surface area contributed by atoms with E-state index in [0.717, 1.165) is 24.1 Å². The number of carboxylic acids is 1. The van der Waals surface area contributed by atoms with Gasteiger partial charge in [-0.25, -0.2) is 9.97 Å². The first kappa shape index (κ1) is 13.7. The highest BCUT2D eigenvalue weighted by Gasteiger charge is 2.15. The Morgan fingerprint density at radius 2 is 2.11 bits per heavy atom. The summed E-state index contributed by atoms with van der Waals surface area (Å²) in [5.74, 6) is -0.426. The van der Waals surface area contributed by atoms with Crippen LogP contribution in [0.25, 0.3) is 11.0 Å². The highest BCUT2D eigenvalue weighted by atomic mass is 35.5. The number of fused-ring (bicyclic) bond motifs is 1. The van der Waals surface area contributed by atoms with Gasteiger partial charge >= 0.3 is 5.97 Å². The minimum absolute atomic E-state index is 0.00872. The lowest BCUT2D eigenvalue weighted by atomic mass is 10.2. The number of halogens is 1. The Morgan fingerprint density at radius 3 is 2.74 bits per heavy atom. The minimum atomic E-state index is -0.875. The predicted octanol–water partition coefficient (Wildman–Crippen LogP) is 1.99. The number of aromatic nitrogens is 4. The van der Waals surface area contributed by atoms with Gasteiger partial charge in [-0.05, 0) is 6.42 Å². The third-order valence-electron chi connectivity index (χ3n) is 2.80. The molecule has 0 spiro atoms. The largest absolute Gasteiger partial charge is 0.481 e. The molecule has 19 heavy (non-hydrogen) atoms. The molecule has 102 valence electrons. The lowest BCUT2D eigenvalue weighted by Crippen LogP contribution is -2.03. The Morgan fingerprint density at radius 1 is 1.37 bits per heavy atom. The molecule has 0 saturated heterocycles. The van der Waals surface area contributed by atoms with E-state index in [1.54, 1.807) is 11.7 Å². The van der Waals surface area contributed by atoms with Crippen molar-refractivity contribution in [2.24, 2.45) is 7.05 Å². The Hall–Kier alpha value is -1.69. The Kier molecular flexibility index (Phi) is 3.99. The van der Waals surface area contributed by atoms with Crippen LogP contribution in [0.15, 0.2) is 0 Å². The first-order chi connectivity index (χ1) is 9.02.